The highest BCUT2D eigenvalue weighted by atomic mass is 35.5. The van der Waals surface area contributed by atoms with E-state index in [0.717, 1.165) is 16.8 Å². The number of hydrogen-bond donors (Lipinski definition) is 1. The van der Waals surface area contributed by atoms with Crippen LogP contribution in [0.1, 0.15) is 28.5 Å². The van der Waals surface area contributed by atoms with E-state index in [1.807, 2.05) is 48.0 Å². The molecule has 0 bridgehead atoms. The molecule has 3 aromatic rings. The van der Waals surface area contributed by atoms with E-state index in [4.69, 9.17) is 16.3 Å². The van der Waals surface area contributed by atoms with Gasteiger partial charge in [0, 0.05) is 25.8 Å². The zero-order chi connectivity index (χ0) is 18.4. The van der Waals surface area contributed by atoms with E-state index in [2.05, 4.69) is 34.7 Å². The lowest BCUT2D eigenvalue weighted by Gasteiger charge is -2.16. The van der Waals surface area contributed by atoms with Crippen molar-refractivity contribution < 1.29 is 4.74 Å². The summed E-state index contributed by atoms with van der Waals surface area (Å²) in [5.41, 5.74) is 4.32. The third-order valence-electron chi connectivity index (χ3n) is 4.45. The quantitative estimate of drug-likeness (QED) is 0.640. The lowest BCUT2D eigenvalue weighted by molar-refractivity contribution is 0.102. The Labute approximate surface area is 159 Å². The molecule has 0 aliphatic carbocycles. The SMILES string of the molecule is CO[C@H](CNCc1c(C)nn(Cc2ccccc2)c1Cl)c1ccccc1. The number of halogens is 1. The Hall–Kier alpha value is -2.14. The Balaban J connectivity index is 1.63. The van der Waals surface area contributed by atoms with Crippen molar-refractivity contribution in [3.8, 4) is 0 Å². The number of rotatable bonds is 8. The highest BCUT2D eigenvalue weighted by molar-refractivity contribution is 6.30. The Morgan fingerprint density at radius 3 is 2.38 bits per heavy atom. The molecule has 1 aromatic heterocycles. The van der Waals surface area contributed by atoms with Gasteiger partial charge in [0.05, 0.1) is 18.3 Å². The number of hydrogen-bond acceptors (Lipinski definition) is 3. The number of benzene rings is 2. The number of nitrogens with one attached hydrogen (secondary N) is 1. The minimum Gasteiger partial charge on any atom is -0.375 e. The average Bonchev–Trinajstić information content (AvgIpc) is 2.94. The summed E-state index contributed by atoms with van der Waals surface area (Å²) >= 11 is 6.57. The van der Waals surface area contributed by atoms with Crippen molar-refractivity contribution in [2.75, 3.05) is 13.7 Å². The maximum absolute atomic E-state index is 6.57. The van der Waals surface area contributed by atoms with Crippen molar-refractivity contribution in [2.24, 2.45) is 0 Å². The average molecular weight is 370 g/mol. The standard InChI is InChI=1S/C21H24ClN3O/c1-16-19(13-23-14-20(26-2)18-11-7-4-8-12-18)21(22)25(24-16)15-17-9-5-3-6-10-17/h3-12,20,23H,13-15H2,1-2H3/t20-/m1/s1. The molecule has 0 unspecified atom stereocenters. The van der Waals surface area contributed by atoms with E-state index in [0.29, 0.717) is 24.8 Å². The van der Waals surface area contributed by atoms with Crippen LogP contribution in [0.2, 0.25) is 5.15 Å². The van der Waals surface area contributed by atoms with Crippen molar-refractivity contribution in [1.82, 2.24) is 15.1 Å². The van der Waals surface area contributed by atoms with Crippen molar-refractivity contribution in [3.63, 3.8) is 0 Å². The van der Waals surface area contributed by atoms with Crippen LogP contribution in [0, 0.1) is 6.92 Å². The largest absolute Gasteiger partial charge is 0.375 e. The molecule has 3 rings (SSSR count). The summed E-state index contributed by atoms with van der Waals surface area (Å²) in [4.78, 5) is 0. The number of methoxy groups -OCH3 is 1. The summed E-state index contributed by atoms with van der Waals surface area (Å²) in [5, 5.41) is 8.73. The third kappa shape index (κ3) is 4.52. The Morgan fingerprint density at radius 2 is 1.73 bits per heavy atom. The van der Waals surface area contributed by atoms with Gasteiger partial charge in [-0.25, -0.2) is 4.68 Å². The second kappa shape index (κ2) is 8.99. The molecule has 1 N–H and O–H groups in total. The van der Waals surface area contributed by atoms with Crippen LogP contribution in [0.5, 0.6) is 0 Å². The fraction of sp³-hybridized carbons (Fsp3) is 0.286. The second-order valence-electron chi connectivity index (χ2n) is 6.26. The number of aromatic nitrogens is 2. The predicted octanol–water partition coefficient (Wildman–Crippen LogP) is 4.37. The van der Waals surface area contributed by atoms with E-state index >= 15 is 0 Å². The molecule has 0 amide bonds. The number of aryl methyl sites for hydroxylation is 1. The monoisotopic (exact) mass is 369 g/mol. The maximum Gasteiger partial charge on any atom is 0.132 e. The minimum absolute atomic E-state index is 0.00893. The van der Waals surface area contributed by atoms with E-state index in [-0.39, 0.29) is 6.10 Å². The van der Waals surface area contributed by atoms with E-state index in [9.17, 15) is 0 Å². The molecule has 2 aromatic carbocycles. The molecular formula is C21H24ClN3O. The van der Waals surface area contributed by atoms with Gasteiger partial charge in [-0.05, 0) is 18.1 Å². The van der Waals surface area contributed by atoms with Crippen LogP contribution in [-0.2, 0) is 17.8 Å². The van der Waals surface area contributed by atoms with Crippen LogP contribution < -0.4 is 5.32 Å². The summed E-state index contributed by atoms with van der Waals surface area (Å²) in [5.74, 6) is 0. The van der Waals surface area contributed by atoms with Crippen molar-refractivity contribution in [2.45, 2.75) is 26.1 Å². The molecule has 0 saturated heterocycles. The molecule has 4 nitrogen and oxygen atoms in total. The van der Waals surface area contributed by atoms with Crippen LogP contribution in [0.3, 0.4) is 0 Å². The number of ether oxygens (including phenoxy) is 1. The molecule has 136 valence electrons. The second-order valence-corrected chi connectivity index (χ2v) is 6.62. The maximum atomic E-state index is 6.57. The number of nitrogens with zero attached hydrogens (tertiary/aromatic N) is 2. The molecule has 26 heavy (non-hydrogen) atoms. The topological polar surface area (TPSA) is 39.1 Å². The highest BCUT2D eigenvalue weighted by Crippen LogP contribution is 2.21. The molecular weight excluding hydrogens is 346 g/mol. The van der Waals surface area contributed by atoms with Gasteiger partial charge in [0.2, 0.25) is 0 Å². The highest BCUT2D eigenvalue weighted by Gasteiger charge is 2.15. The van der Waals surface area contributed by atoms with Crippen molar-refractivity contribution >= 4 is 11.6 Å². The van der Waals surface area contributed by atoms with Gasteiger partial charge in [-0.15, -0.1) is 0 Å². The first-order valence-electron chi connectivity index (χ1n) is 8.73. The fourth-order valence-electron chi connectivity index (χ4n) is 2.99. The van der Waals surface area contributed by atoms with Gasteiger partial charge in [0.25, 0.3) is 0 Å². The first-order chi connectivity index (χ1) is 12.7. The summed E-state index contributed by atoms with van der Waals surface area (Å²) < 4.78 is 7.46. The van der Waals surface area contributed by atoms with Gasteiger partial charge in [-0.3, -0.25) is 0 Å². The van der Waals surface area contributed by atoms with Gasteiger partial charge in [-0.1, -0.05) is 72.3 Å². The lowest BCUT2D eigenvalue weighted by atomic mass is 10.1. The lowest BCUT2D eigenvalue weighted by Crippen LogP contribution is -2.22. The van der Waals surface area contributed by atoms with Crippen molar-refractivity contribution in [3.05, 3.63) is 88.2 Å². The molecule has 0 spiro atoms. The first kappa shape index (κ1) is 18.6. The molecule has 1 heterocycles. The Morgan fingerprint density at radius 1 is 1.08 bits per heavy atom. The smallest absolute Gasteiger partial charge is 0.132 e. The summed E-state index contributed by atoms with van der Waals surface area (Å²) in [6, 6.07) is 20.4. The van der Waals surface area contributed by atoms with Gasteiger partial charge >= 0.3 is 0 Å². The summed E-state index contributed by atoms with van der Waals surface area (Å²) in [7, 11) is 1.73. The molecule has 5 heteroatoms. The van der Waals surface area contributed by atoms with E-state index < -0.39 is 0 Å². The zero-order valence-electron chi connectivity index (χ0n) is 15.2. The normalized spacial score (nSPS) is 12.3. The van der Waals surface area contributed by atoms with Crippen LogP contribution in [0.4, 0.5) is 0 Å². The molecule has 0 aliphatic heterocycles. The Bertz CT molecular complexity index is 818. The molecule has 0 fully saturated rings. The Kier molecular flexibility index (Phi) is 6.45. The minimum atomic E-state index is 0.00893. The molecule has 1 atom stereocenters. The predicted molar refractivity (Wildman–Crippen MR) is 105 cm³/mol. The third-order valence-corrected chi connectivity index (χ3v) is 4.87. The molecule has 0 saturated carbocycles. The molecule has 0 aliphatic rings. The van der Waals surface area contributed by atoms with Crippen LogP contribution >= 0.6 is 11.6 Å². The van der Waals surface area contributed by atoms with E-state index in [1.54, 1.807) is 7.11 Å². The van der Waals surface area contributed by atoms with Gasteiger partial charge in [0.1, 0.15) is 5.15 Å². The van der Waals surface area contributed by atoms with Gasteiger partial charge in [-0.2, -0.15) is 5.10 Å². The van der Waals surface area contributed by atoms with Crippen LogP contribution in [0.15, 0.2) is 60.7 Å². The van der Waals surface area contributed by atoms with Crippen molar-refractivity contribution in [1.29, 1.82) is 0 Å². The van der Waals surface area contributed by atoms with Crippen LogP contribution in [0.25, 0.3) is 0 Å². The van der Waals surface area contributed by atoms with Gasteiger partial charge < -0.3 is 10.1 Å². The fourth-order valence-corrected chi connectivity index (χ4v) is 3.29. The van der Waals surface area contributed by atoms with Gasteiger partial charge in [0.15, 0.2) is 0 Å². The molecule has 0 radical (unpaired) electrons. The van der Waals surface area contributed by atoms with Crippen LogP contribution in [-0.4, -0.2) is 23.4 Å². The summed E-state index contributed by atoms with van der Waals surface area (Å²) in [6.45, 7) is 4.03. The van der Waals surface area contributed by atoms with E-state index in [1.165, 1.54) is 5.56 Å². The zero-order valence-corrected chi connectivity index (χ0v) is 15.9. The summed E-state index contributed by atoms with van der Waals surface area (Å²) in [6.07, 6.45) is 0.00893. The first-order valence-corrected chi connectivity index (χ1v) is 9.11.